The van der Waals surface area contributed by atoms with Crippen molar-refractivity contribution in [2.24, 2.45) is 0 Å². The van der Waals surface area contributed by atoms with Crippen LogP contribution < -0.4 is 0 Å². The van der Waals surface area contributed by atoms with Crippen molar-refractivity contribution in [3.63, 3.8) is 0 Å². The summed E-state index contributed by atoms with van der Waals surface area (Å²) in [7, 11) is 0. The summed E-state index contributed by atoms with van der Waals surface area (Å²) < 4.78 is 5.21. The topological polar surface area (TPSA) is 26.3 Å². The molecule has 0 unspecified atom stereocenters. The second kappa shape index (κ2) is 4.67. The lowest BCUT2D eigenvalue weighted by Crippen LogP contribution is -2.01. The van der Waals surface area contributed by atoms with Crippen LogP contribution in [-0.2, 0) is 9.53 Å². The Balaban J connectivity index is 2.53. The number of hydrogen-bond donors (Lipinski definition) is 0. The Morgan fingerprint density at radius 1 is 1.42 bits per heavy atom. The van der Waals surface area contributed by atoms with Crippen LogP contribution in [-0.4, -0.2) is 12.9 Å². The number of carbonyl (C=O) groups is 1. The highest BCUT2D eigenvalue weighted by atomic mass is 16.5. The second-order valence-electron chi connectivity index (χ2n) is 2.55. The summed E-state index contributed by atoms with van der Waals surface area (Å²) in [6.45, 7) is 2.09. The zero-order valence-corrected chi connectivity index (χ0v) is 7.07. The van der Waals surface area contributed by atoms with E-state index in [2.05, 4.69) is 0 Å². The van der Waals surface area contributed by atoms with E-state index in [0.29, 0.717) is 0 Å². The molecule has 1 aromatic rings. The monoisotopic (exact) mass is 164 g/mol. The molecule has 0 bridgehead atoms. The lowest BCUT2D eigenvalue weighted by atomic mass is 10.1. The fourth-order valence-corrected chi connectivity index (χ4v) is 1.00. The van der Waals surface area contributed by atoms with Gasteiger partial charge in [0.05, 0.1) is 6.10 Å². The van der Waals surface area contributed by atoms with Gasteiger partial charge in [-0.3, -0.25) is 0 Å². The molecule has 0 saturated carbocycles. The summed E-state index contributed by atoms with van der Waals surface area (Å²) in [5, 5.41) is 0. The van der Waals surface area contributed by atoms with E-state index in [0.717, 1.165) is 11.8 Å². The van der Waals surface area contributed by atoms with Gasteiger partial charge in [-0.05, 0) is 12.5 Å². The molecule has 0 spiro atoms. The fraction of sp³-hybridized carbons (Fsp3) is 0.300. The Hall–Kier alpha value is -1.15. The summed E-state index contributed by atoms with van der Waals surface area (Å²) in [5.41, 5.74) is 1.10. The molecule has 0 aliphatic rings. The van der Waals surface area contributed by atoms with Gasteiger partial charge in [0, 0.05) is 0 Å². The van der Waals surface area contributed by atoms with Crippen molar-refractivity contribution in [2.75, 3.05) is 6.61 Å². The molecule has 0 aliphatic carbocycles. The highest BCUT2D eigenvalue weighted by Crippen LogP contribution is 2.14. The Bertz CT molecular complexity index is 231. The first kappa shape index (κ1) is 8.94. The summed E-state index contributed by atoms with van der Waals surface area (Å²) in [5.74, 6) is 0. The standard InChI is InChI=1S/C10H12O2/c1-9(12-8-7-11)10-5-3-2-4-6-10/h2-7,9H,8H2,1H3/t9-/m1/s1. The van der Waals surface area contributed by atoms with E-state index in [9.17, 15) is 4.79 Å². The third-order valence-corrected chi connectivity index (χ3v) is 1.68. The second-order valence-corrected chi connectivity index (χ2v) is 2.55. The predicted molar refractivity (Wildman–Crippen MR) is 46.9 cm³/mol. The largest absolute Gasteiger partial charge is 0.366 e. The van der Waals surface area contributed by atoms with E-state index < -0.39 is 0 Å². The number of benzene rings is 1. The van der Waals surface area contributed by atoms with Gasteiger partial charge in [0.2, 0.25) is 0 Å². The van der Waals surface area contributed by atoms with Crippen molar-refractivity contribution in [1.29, 1.82) is 0 Å². The van der Waals surface area contributed by atoms with Crippen molar-refractivity contribution < 1.29 is 9.53 Å². The third kappa shape index (κ3) is 2.47. The first-order valence-electron chi connectivity index (χ1n) is 3.95. The van der Waals surface area contributed by atoms with Gasteiger partial charge in [-0.1, -0.05) is 30.3 Å². The average molecular weight is 164 g/mol. The van der Waals surface area contributed by atoms with Crippen molar-refractivity contribution in [1.82, 2.24) is 0 Å². The highest BCUT2D eigenvalue weighted by molar-refractivity contribution is 5.50. The Labute approximate surface area is 72.2 Å². The molecule has 0 saturated heterocycles. The first-order valence-corrected chi connectivity index (χ1v) is 3.95. The van der Waals surface area contributed by atoms with E-state index in [-0.39, 0.29) is 12.7 Å². The Morgan fingerprint density at radius 2 is 2.08 bits per heavy atom. The Kier molecular flexibility index (Phi) is 3.48. The van der Waals surface area contributed by atoms with Gasteiger partial charge in [-0.2, -0.15) is 0 Å². The molecule has 2 heteroatoms. The molecule has 1 aromatic carbocycles. The van der Waals surface area contributed by atoms with Crippen LogP contribution in [0.4, 0.5) is 0 Å². The molecular weight excluding hydrogens is 152 g/mol. The number of rotatable bonds is 4. The number of carbonyl (C=O) groups excluding carboxylic acids is 1. The molecular formula is C10H12O2. The molecule has 1 rings (SSSR count). The number of ether oxygens (including phenoxy) is 1. The normalized spacial score (nSPS) is 12.4. The lowest BCUT2D eigenvalue weighted by Gasteiger charge is -2.10. The molecule has 0 heterocycles. The van der Waals surface area contributed by atoms with Crippen LogP contribution in [0.15, 0.2) is 30.3 Å². The predicted octanol–water partition coefficient (Wildman–Crippen LogP) is 1.96. The zero-order valence-electron chi connectivity index (χ0n) is 7.07. The van der Waals surface area contributed by atoms with Crippen LogP contribution >= 0.6 is 0 Å². The van der Waals surface area contributed by atoms with E-state index in [1.807, 2.05) is 37.3 Å². The van der Waals surface area contributed by atoms with Crippen molar-refractivity contribution in [3.8, 4) is 0 Å². The van der Waals surface area contributed by atoms with Gasteiger partial charge in [-0.25, -0.2) is 0 Å². The molecule has 0 fully saturated rings. The summed E-state index contributed by atoms with van der Waals surface area (Å²) in [4.78, 5) is 10.0. The van der Waals surface area contributed by atoms with E-state index in [4.69, 9.17) is 4.74 Å². The molecule has 64 valence electrons. The van der Waals surface area contributed by atoms with Crippen LogP contribution in [0.25, 0.3) is 0 Å². The fourth-order valence-electron chi connectivity index (χ4n) is 1.00. The third-order valence-electron chi connectivity index (χ3n) is 1.68. The van der Waals surface area contributed by atoms with E-state index >= 15 is 0 Å². The smallest absolute Gasteiger partial charge is 0.145 e. The number of hydrogen-bond acceptors (Lipinski definition) is 2. The molecule has 2 nitrogen and oxygen atoms in total. The Morgan fingerprint density at radius 3 is 2.67 bits per heavy atom. The molecule has 0 N–H and O–H groups in total. The van der Waals surface area contributed by atoms with Gasteiger partial charge in [0.25, 0.3) is 0 Å². The van der Waals surface area contributed by atoms with E-state index in [1.165, 1.54) is 0 Å². The minimum Gasteiger partial charge on any atom is -0.366 e. The van der Waals surface area contributed by atoms with Crippen LogP contribution in [0, 0.1) is 0 Å². The van der Waals surface area contributed by atoms with Gasteiger partial charge in [-0.15, -0.1) is 0 Å². The van der Waals surface area contributed by atoms with Gasteiger partial charge in [0.1, 0.15) is 12.9 Å². The van der Waals surface area contributed by atoms with Crippen molar-refractivity contribution in [2.45, 2.75) is 13.0 Å². The average Bonchev–Trinajstić information content (AvgIpc) is 2.15. The molecule has 0 aliphatic heterocycles. The van der Waals surface area contributed by atoms with Gasteiger partial charge >= 0.3 is 0 Å². The summed E-state index contributed by atoms with van der Waals surface area (Å²) in [6, 6.07) is 9.83. The van der Waals surface area contributed by atoms with Crippen molar-refractivity contribution in [3.05, 3.63) is 35.9 Å². The van der Waals surface area contributed by atoms with Crippen LogP contribution in [0.3, 0.4) is 0 Å². The quantitative estimate of drug-likeness (QED) is 0.636. The lowest BCUT2D eigenvalue weighted by molar-refractivity contribution is -0.113. The van der Waals surface area contributed by atoms with Gasteiger partial charge < -0.3 is 9.53 Å². The van der Waals surface area contributed by atoms with Crippen LogP contribution in [0.2, 0.25) is 0 Å². The number of aldehydes is 1. The maximum atomic E-state index is 10.0. The zero-order chi connectivity index (χ0) is 8.81. The SMILES string of the molecule is C[C@@H](OCC=O)c1ccccc1. The van der Waals surface area contributed by atoms with Gasteiger partial charge in [0.15, 0.2) is 0 Å². The van der Waals surface area contributed by atoms with E-state index in [1.54, 1.807) is 0 Å². The maximum absolute atomic E-state index is 10.0. The molecule has 0 amide bonds. The molecule has 0 aromatic heterocycles. The molecule has 0 radical (unpaired) electrons. The molecule has 1 atom stereocenters. The highest BCUT2D eigenvalue weighted by Gasteiger charge is 2.02. The molecule has 12 heavy (non-hydrogen) atoms. The summed E-state index contributed by atoms with van der Waals surface area (Å²) >= 11 is 0. The first-order chi connectivity index (χ1) is 5.84. The van der Waals surface area contributed by atoms with Crippen LogP contribution in [0.5, 0.6) is 0 Å². The van der Waals surface area contributed by atoms with Crippen molar-refractivity contribution >= 4 is 6.29 Å². The minimum atomic E-state index is -0.00333. The summed E-state index contributed by atoms with van der Waals surface area (Å²) in [6.07, 6.45) is 0.760. The minimum absolute atomic E-state index is 0.00333. The van der Waals surface area contributed by atoms with Crippen LogP contribution in [0.1, 0.15) is 18.6 Å². The maximum Gasteiger partial charge on any atom is 0.145 e.